The first-order valence-corrected chi connectivity index (χ1v) is 6.27. The van der Waals surface area contributed by atoms with E-state index in [2.05, 4.69) is 11.9 Å². The highest BCUT2D eigenvalue weighted by molar-refractivity contribution is 8.02. The van der Waals surface area contributed by atoms with Crippen molar-refractivity contribution in [3.63, 3.8) is 0 Å². The zero-order valence-corrected chi connectivity index (χ0v) is 9.86. The molecule has 3 heteroatoms. The molecule has 0 N–H and O–H groups in total. The number of aliphatic imine (C=N–C) groups is 1. The summed E-state index contributed by atoms with van der Waals surface area (Å²) in [4.78, 5) is 16.6. The van der Waals surface area contributed by atoms with Crippen LogP contribution >= 0.6 is 11.8 Å². The maximum Gasteiger partial charge on any atom is 0.156 e. The van der Waals surface area contributed by atoms with Gasteiger partial charge >= 0.3 is 0 Å². The molecule has 0 aromatic carbocycles. The number of carbonyl (C=O) groups is 1. The number of hydrogen-bond acceptors (Lipinski definition) is 3. The highest BCUT2D eigenvalue weighted by Crippen LogP contribution is 2.44. The second-order valence-electron chi connectivity index (χ2n) is 4.62. The molecule has 0 aliphatic carbocycles. The first-order valence-electron chi connectivity index (χ1n) is 5.29. The Hall–Kier alpha value is -0.310. The molecule has 2 heterocycles. The summed E-state index contributed by atoms with van der Waals surface area (Å²) >= 11 is 1.79. The highest BCUT2D eigenvalue weighted by Gasteiger charge is 2.49. The maximum atomic E-state index is 12.1. The van der Waals surface area contributed by atoms with Gasteiger partial charge in [0.1, 0.15) is 4.75 Å². The Labute approximate surface area is 89.6 Å². The van der Waals surface area contributed by atoms with Gasteiger partial charge in [0.05, 0.1) is 0 Å². The SMILES string of the molecule is CC(C)C(=O)C1(C)SCC2CCN=C21. The van der Waals surface area contributed by atoms with Gasteiger partial charge in [0.15, 0.2) is 5.78 Å². The van der Waals surface area contributed by atoms with Crippen LogP contribution in [0.1, 0.15) is 27.2 Å². The summed E-state index contributed by atoms with van der Waals surface area (Å²) in [7, 11) is 0. The number of carbonyl (C=O) groups excluding carboxylic acids is 1. The van der Waals surface area contributed by atoms with Gasteiger partial charge < -0.3 is 0 Å². The van der Waals surface area contributed by atoms with Gasteiger partial charge in [-0.3, -0.25) is 9.79 Å². The Morgan fingerprint density at radius 1 is 1.64 bits per heavy atom. The second-order valence-corrected chi connectivity index (χ2v) is 6.05. The van der Waals surface area contributed by atoms with Gasteiger partial charge in [-0.1, -0.05) is 13.8 Å². The van der Waals surface area contributed by atoms with E-state index in [9.17, 15) is 4.79 Å². The van der Waals surface area contributed by atoms with Crippen molar-refractivity contribution in [3.8, 4) is 0 Å². The van der Waals surface area contributed by atoms with Crippen LogP contribution in [0.15, 0.2) is 4.99 Å². The maximum absolute atomic E-state index is 12.1. The molecule has 2 atom stereocenters. The molecular formula is C11H17NOS. The van der Waals surface area contributed by atoms with Gasteiger partial charge in [-0.15, -0.1) is 11.8 Å². The molecule has 0 radical (unpaired) electrons. The molecule has 14 heavy (non-hydrogen) atoms. The van der Waals surface area contributed by atoms with E-state index in [1.54, 1.807) is 11.8 Å². The molecule has 0 aromatic rings. The van der Waals surface area contributed by atoms with Crippen LogP contribution in [0.4, 0.5) is 0 Å². The first kappa shape index (κ1) is 10.2. The van der Waals surface area contributed by atoms with Gasteiger partial charge in [-0.05, 0) is 13.3 Å². The number of fused-ring (bicyclic) bond motifs is 1. The lowest BCUT2D eigenvalue weighted by Crippen LogP contribution is -2.40. The number of thioether (sulfide) groups is 1. The Morgan fingerprint density at radius 3 is 3.00 bits per heavy atom. The van der Waals surface area contributed by atoms with E-state index in [1.165, 1.54) is 5.71 Å². The van der Waals surface area contributed by atoms with Crippen LogP contribution in [-0.4, -0.2) is 28.5 Å². The quantitative estimate of drug-likeness (QED) is 0.700. The third-order valence-corrected chi connectivity index (χ3v) is 4.76. The van der Waals surface area contributed by atoms with Gasteiger partial charge in [0.25, 0.3) is 0 Å². The van der Waals surface area contributed by atoms with E-state index < -0.39 is 0 Å². The summed E-state index contributed by atoms with van der Waals surface area (Å²) in [5.74, 6) is 2.15. The number of ketones is 1. The first-order chi connectivity index (χ1) is 6.55. The summed E-state index contributed by atoms with van der Waals surface area (Å²) in [5.41, 5.74) is 1.18. The lowest BCUT2D eigenvalue weighted by atomic mass is 9.87. The summed E-state index contributed by atoms with van der Waals surface area (Å²) < 4.78 is -0.296. The molecular weight excluding hydrogens is 194 g/mol. The molecule has 2 rings (SSSR count). The van der Waals surface area contributed by atoms with Crippen LogP contribution in [-0.2, 0) is 4.79 Å². The van der Waals surface area contributed by atoms with Crippen molar-refractivity contribution in [1.82, 2.24) is 0 Å². The van der Waals surface area contributed by atoms with Crippen molar-refractivity contribution >= 4 is 23.3 Å². The summed E-state index contributed by atoms with van der Waals surface area (Å²) in [6.45, 7) is 6.96. The van der Waals surface area contributed by atoms with Crippen molar-refractivity contribution in [2.75, 3.05) is 12.3 Å². The second kappa shape index (κ2) is 3.37. The molecule has 0 saturated carbocycles. The van der Waals surface area contributed by atoms with Crippen LogP contribution in [0.2, 0.25) is 0 Å². The van der Waals surface area contributed by atoms with Crippen molar-refractivity contribution in [2.24, 2.45) is 16.8 Å². The van der Waals surface area contributed by atoms with Crippen molar-refractivity contribution in [3.05, 3.63) is 0 Å². The Bertz CT molecular complexity index is 298. The van der Waals surface area contributed by atoms with Crippen LogP contribution in [0.5, 0.6) is 0 Å². The topological polar surface area (TPSA) is 29.4 Å². The fraction of sp³-hybridized carbons (Fsp3) is 0.818. The van der Waals surface area contributed by atoms with Crippen molar-refractivity contribution < 1.29 is 4.79 Å². The third-order valence-electron chi connectivity index (χ3n) is 3.20. The van der Waals surface area contributed by atoms with E-state index in [1.807, 2.05) is 13.8 Å². The molecule has 0 spiro atoms. The number of hydrogen-bond donors (Lipinski definition) is 0. The molecule has 0 aromatic heterocycles. The number of rotatable bonds is 2. The summed E-state index contributed by atoms with van der Waals surface area (Å²) in [5, 5.41) is 0. The normalized spacial score (nSPS) is 36.0. The zero-order chi connectivity index (χ0) is 10.3. The minimum absolute atomic E-state index is 0.120. The molecule has 1 fully saturated rings. The van der Waals surface area contributed by atoms with E-state index in [0.717, 1.165) is 18.7 Å². The summed E-state index contributed by atoms with van der Waals surface area (Å²) in [6.07, 6.45) is 1.16. The molecule has 78 valence electrons. The standard InChI is InChI=1S/C11H17NOS/c1-7(2)10(13)11(3)9-8(6-14-11)4-5-12-9/h7-8H,4-6H2,1-3H3. The van der Waals surface area contributed by atoms with Crippen molar-refractivity contribution in [2.45, 2.75) is 31.9 Å². The molecule has 0 bridgehead atoms. The zero-order valence-electron chi connectivity index (χ0n) is 9.04. The van der Waals surface area contributed by atoms with Gasteiger partial charge in [-0.2, -0.15) is 0 Å². The molecule has 2 unspecified atom stereocenters. The van der Waals surface area contributed by atoms with E-state index in [-0.39, 0.29) is 10.7 Å². The lowest BCUT2D eigenvalue weighted by Gasteiger charge is -2.24. The Balaban J connectivity index is 2.28. The molecule has 2 aliphatic heterocycles. The average molecular weight is 211 g/mol. The van der Waals surface area contributed by atoms with Crippen LogP contribution in [0.25, 0.3) is 0 Å². The lowest BCUT2D eigenvalue weighted by molar-refractivity contribution is -0.122. The van der Waals surface area contributed by atoms with Crippen LogP contribution < -0.4 is 0 Å². The molecule has 0 amide bonds. The minimum atomic E-state index is -0.296. The van der Waals surface area contributed by atoms with Crippen LogP contribution in [0.3, 0.4) is 0 Å². The minimum Gasteiger partial charge on any atom is -0.297 e. The van der Waals surface area contributed by atoms with Crippen LogP contribution in [0, 0.1) is 11.8 Å². The Kier molecular flexibility index (Phi) is 2.46. The van der Waals surface area contributed by atoms with E-state index in [0.29, 0.717) is 11.7 Å². The predicted molar refractivity (Wildman–Crippen MR) is 61.1 cm³/mol. The molecule has 2 aliphatic rings. The molecule has 1 saturated heterocycles. The fourth-order valence-electron chi connectivity index (χ4n) is 2.40. The summed E-state index contributed by atoms with van der Waals surface area (Å²) in [6, 6.07) is 0. The smallest absolute Gasteiger partial charge is 0.156 e. The Morgan fingerprint density at radius 2 is 2.36 bits per heavy atom. The van der Waals surface area contributed by atoms with E-state index in [4.69, 9.17) is 0 Å². The van der Waals surface area contributed by atoms with Gasteiger partial charge in [0.2, 0.25) is 0 Å². The number of nitrogens with zero attached hydrogens (tertiary/aromatic N) is 1. The van der Waals surface area contributed by atoms with E-state index >= 15 is 0 Å². The number of Topliss-reactive ketones (excluding diaryl/α,β-unsaturated/α-hetero) is 1. The average Bonchev–Trinajstić information content (AvgIpc) is 2.69. The van der Waals surface area contributed by atoms with Crippen molar-refractivity contribution in [1.29, 1.82) is 0 Å². The van der Waals surface area contributed by atoms with Gasteiger partial charge in [-0.25, -0.2) is 0 Å². The monoisotopic (exact) mass is 211 g/mol. The van der Waals surface area contributed by atoms with Gasteiger partial charge in [0, 0.05) is 29.8 Å². The predicted octanol–water partition coefficient (Wildman–Crippen LogP) is 2.18. The third kappa shape index (κ3) is 1.33. The molecule has 2 nitrogen and oxygen atoms in total. The highest BCUT2D eigenvalue weighted by atomic mass is 32.2. The fourth-order valence-corrected chi connectivity index (χ4v) is 4.01. The largest absolute Gasteiger partial charge is 0.297 e.